The molecule has 4 rings (SSSR count). The third-order valence-corrected chi connectivity index (χ3v) is 6.32. The van der Waals surface area contributed by atoms with Crippen molar-refractivity contribution in [3.05, 3.63) is 83.8 Å². The van der Waals surface area contributed by atoms with Crippen LogP contribution in [0.1, 0.15) is 35.2 Å². The third-order valence-electron chi connectivity index (χ3n) is 6.32. The van der Waals surface area contributed by atoms with E-state index in [0.717, 1.165) is 35.7 Å². The molecule has 0 atom stereocenters. The van der Waals surface area contributed by atoms with Crippen molar-refractivity contribution in [2.75, 3.05) is 38.6 Å². The van der Waals surface area contributed by atoms with Crippen molar-refractivity contribution in [2.24, 2.45) is 4.99 Å². The number of alkyl halides is 3. The van der Waals surface area contributed by atoms with E-state index in [4.69, 9.17) is 4.74 Å². The molecular weight excluding hydrogens is 495 g/mol. The fraction of sp³-hybridized carbons (Fsp3) is 0.357. The zero-order valence-electron chi connectivity index (χ0n) is 21.6. The second-order valence-electron chi connectivity index (χ2n) is 9.17. The first kappa shape index (κ1) is 27.3. The highest BCUT2D eigenvalue weighted by Crippen LogP contribution is 2.25. The summed E-state index contributed by atoms with van der Waals surface area (Å²) in [7, 11) is 1.51. The first-order chi connectivity index (χ1) is 18.2. The number of rotatable bonds is 10. The van der Waals surface area contributed by atoms with Crippen LogP contribution in [0.4, 0.5) is 19.0 Å². The van der Waals surface area contributed by atoms with Crippen LogP contribution in [0.5, 0.6) is 5.75 Å². The Morgan fingerprint density at radius 1 is 1.11 bits per heavy atom. The van der Waals surface area contributed by atoms with E-state index in [1.54, 1.807) is 0 Å². The topological polar surface area (TPSA) is 63.9 Å². The standard InChI is InChI=1S/C28H32F3N5O2/c1-20-16-24(27(37-3)34-21(2)23-7-9-25(10-8-23)38-28(29,30)31)19-36(20)18-22-6-11-26(33-17-22)32-12-15-35-13-4-5-14-35/h6-11,16-17,19H,2,4-5,12-15,18H2,1,3H3,(H,32,33). The van der Waals surface area contributed by atoms with E-state index in [1.165, 1.54) is 57.3 Å². The molecule has 3 aromatic rings. The van der Waals surface area contributed by atoms with Crippen LogP contribution in [0.2, 0.25) is 0 Å². The molecule has 3 heterocycles. The van der Waals surface area contributed by atoms with Crippen LogP contribution < -0.4 is 10.1 Å². The van der Waals surface area contributed by atoms with Gasteiger partial charge in [0.05, 0.1) is 18.4 Å². The number of ether oxygens (including phenoxy) is 2. The van der Waals surface area contributed by atoms with Gasteiger partial charge >= 0.3 is 6.36 Å². The number of hydrogen-bond acceptors (Lipinski definition) is 6. The SMILES string of the molecule is C=C(N=C(OC)c1cc(C)n(Cc2ccc(NCCN3CCCC3)nc2)c1)c1ccc(OC(F)(F)F)cc1. The Bertz CT molecular complexity index is 1240. The number of nitrogens with one attached hydrogen (secondary N) is 1. The zero-order valence-corrected chi connectivity index (χ0v) is 21.6. The van der Waals surface area contributed by atoms with Gasteiger partial charge in [-0.2, -0.15) is 0 Å². The summed E-state index contributed by atoms with van der Waals surface area (Å²) in [5, 5.41) is 3.39. The lowest BCUT2D eigenvalue weighted by atomic mass is 10.1. The van der Waals surface area contributed by atoms with Crippen LogP contribution in [0.3, 0.4) is 0 Å². The molecule has 0 radical (unpaired) electrons. The molecule has 1 saturated heterocycles. The van der Waals surface area contributed by atoms with E-state index < -0.39 is 6.36 Å². The van der Waals surface area contributed by atoms with Crippen LogP contribution in [0.15, 0.2) is 66.4 Å². The number of methoxy groups -OCH3 is 1. The van der Waals surface area contributed by atoms with Gasteiger partial charge in [0.15, 0.2) is 0 Å². The van der Waals surface area contributed by atoms with E-state index >= 15 is 0 Å². The minimum absolute atomic E-state index is 0.307. The normalized spacial score (nSPS) is 14.5. The molecule has 7 nitrogen and oxygen atoms in total. The molecule has 202 valence electrons. The van der Waals surface area contributed by atoms with Gasteiger partial charge in [-0.05, 0) is 80.4 Å². The number of anilines is 1. The van der Waals surface area contributed by atoms with Crippen LogP contribution in [0.25, 0.3) is 5.70 Å². The van der Waals surface area contributed by atoms with Gasteiger partial charge in [-0.15, -0.1) is 13.2 Å². The number of aryl methyl sites for hydroxylation is 1. The van der Waals surface area contributed by atoms with Gasteiger partial charge in [0.1, 0.15) is 11.6 Å². The predicted molar refractivity (Wildman–Crippen MR) is 142 cm³/mol. The number of benzene rings is 1. The van der Waals surface area contributed by atoms with Gasteiger partial charge in [-0.3, -0.25) is 0 Å². The summed E-state index contributed by atoms with van der Waals surface area (Å²) in [6, 6.07) is 11.4. The summed E-state index contributed by atoms with van der Waals surface area (Å²) in [5.74, 6) is 0.907. The number of hydrogen-bond donors (Lipinski definition) is 1. The van der Waals surface area contributed by atoms with E-state index in [9.17, 15) is 13.2 Å². The summed E-state index contributed by atoms with van der Waals surface area (Å²) in [6.07, 6.45) is 1.65. The maximum absolute atomic E-state index is 12.4. The molecule has 1 aliphatic rings. The Morgan fingerprint density at radius 2 is 1.84 bits per heavy atom. The number of likely N-dealkylation sites (tertiary alicyclic amines) is 1. The van der Waals surface area contributed by atoms with E-state index in [2.05, 4.69) is 42.1 Å². The largest absolute Gasteiger partial charge is 0.573 e. The van der Waals surface area contributed by atoms with Gasteiger partial charge in [0.25, 0.3) is 0 Å². The van der Waals surface area contributed by atoms with Crippen molar-refractivity contribution in [3.63, 3.8) is 0 Å². The van der Waals surface area contributed by atoms with Gasteiger partial charge in [0, 0.05) is 37.7 Å². The van der Waals surface area contributed by atoms with Crippen LogP contribution in [-0.4, -0.2) is 60.0 Å². The molecule has 2 aromatic heterocycles. The molecule has 10 heteroatoms. The number of pyridine rings is 1. The smallest absolute Gasteiger partial charge is 0.481 e. The summed E-state index contributed by atoms with van der Waals surface area (Å²) in [6.45, 7) is 10.8. The van der Waals surface area contributed by atoms with Crippen molar-refractivity contribution in [3.8, 4) is 5.75 Å². The number of halogens is 3. The van der Waals surface area contributed by atoms with Crippen molar-refractivity contribution in [1.82, 2.24) is 14.5 Å². The predicted octanol–water partition coefficient (Wildman–Crippen LogP) is 5.71. The van der Waals surface area contributed by atoms with Crippen molar-refractivity contribution in [1.29, 1.82) is 0 Å². The molecule has 1 aromatic carbocycles. The minimum atomic E-state index is -4.74. The Hall–Kier alpha value is -3.79. The van der Waals surface area contributed by atoms with E-state index in [-0.39, 0.29) is 5.75 Å². The van der Waals surface area contributed by atoms with Crippen LogP contribution in [0, 0.1) is 6.92 Å². The van der Waals surface area contributed by atoms with Crippen LogP contribution in [-0.2, 0) is 11.3 Å². The third kappa shape index (κ3) is 7.61. The lowest BCUT2D eigenvalue weighted by molar-refractivity contribution is -0.274. The Balaban J connectivity index is 1.37. The van der Waals surface area contributed by atoms with Crippen molar-refractivity contribution < 1.29 is 22.6 Å². The second kappa shape index (κ2) is 12.2. The Labute approximate surface area is 220 Å². The van der Waals surface area contributed by atoms with Gasteiger partial charge < -0.3 is 24.3 Å². The van der Waals surface area contributed by atoms with Crippen molar-refractivity contribution >= 4 is 17.4 Å². The van der Waals surface area contributed by atoms with Gasteiger partial charge in [-0.25, -0.2) is 9.98 Å². The molecule has 1 fully saturated rings. The first-order valence-electron chi connectivity index (χ1n) is 12.5. The molecule has 0 saturated carbocycles. The molecule has 0 spiro atoms. The molecule has 1 N–H and O–H groups in total. The molecule has 0 bridgehead atoms. The monoisotopic (exact) mass is 527 g/mol. The maximum Gasteiger partial charge on any atom is 0.573 e. The molecule has 0 amide bonds. The number of aliphatic imine (C=N–C) groups is 1. The summed E-state index contributed by atoms with van der Waals surface area (Å²) >= 11 is 0. The highest BCUT2D eigenvalue weighted by Gasteiger charge is 2.31. The molecule has 38 heavy (non-hydrogen) atoms. The lowest BCUT2D eigenvalue weighted by Gasteiger charge is -2.15. The average molecular weight is 528 g/mol. The Kier molecular flexibility index (Phi) is 8.73. The number of nitrogens with zero attached hydrogens (tertiary/aromatic N) is 4. The second-order valence-corrected chi connectivity index (χ2v) is 9.17. The fourth-order valence-corrected chi connectivity index (χ4v) is 4.33. The van der Waals surface area contributed by atoms with E-state index in [1.807, 2.05) is 31.5 Å². The lowest BCUT2D eigenvalue weighted by Crippen LogP contribution is -2.26. The zero-order chi connectivity index (χ0) is 27.1. The van der Waals surface area contributed by atoms with E-state index in [0.29, 0.717) is 23.7 Å². The summed E-state index contributed by atoms with van der Waals surface area (Å²) in [5.41, 5.74) is 3.73. The van der Waals surface area contributed by atoms with Gasteiger partial charge in [0.2, 0.25) is 5.90 Å². The molecule has 0 aliphatic carbocycles. The quantitative estimate of drug-likeness (QED) is 0.270. The van der Waals surface area contributed by atoms with Gasteiger partial charge in [-0.1, -0.05) is 12.6 Å². The first-order valence-corrected chi connectivity index (χ1v) is 12.5. The summed E-state index contributed by atoms with van der Waals surface area (Å²) < 4.78 is 48.7. The highest BCUT2D eigenvalue weighted by molar-refractivity contribution is 5.97. The number of aromatic nitrogens is 2. The maximum atomic E-state index is 12.4. The molecular formula is C28H32F3N5O2. The molecule has 1 aliphatic heterocycles. The average Bonchev–Trinajstić information content (AvgIpc) is 3.53. The highest BCUT2D eigenvalue weighted by atomic mass is 19.4. The summed E-state index contributed by atoms with van der Waals surface area (Å²) in [4.78, 5) is 11.5. The van der Waals surface area contributed by atoms with Crippen molar-refractivity contribution in [2.45, 2.75) is 32.7 Å². The molecule has 0 unspecified atom stereocenters. The minimum Gasteiger partial charge on any atom is -0.481 e. The Morgan fingerprint density at radius 3 is 2.47 bits per heavy atom. The fourth-order valence-electron chi connectivity index (χ4n) is 4.33. The van der Waals surface area contributed by atoms with Crippen LogP contribution >= 0.6 is 0 Å².